The van der Waals surface area contributed by atoms with Crippen LogP contribution in [-0.2, 0) is 14.0 Å². The van der Waals surface area contributed by atoms with Crippen LogP contribution in [0.5, 0.6) is 0 Å². The van der Waals surface area contributed by atoms with Gasteiger partial charge in [-0.05, 0) is 67.3 Å². The molecule has 5 nitrogen and oxygen atoms in total. The van der Waals surface area contributed by atoms with Gasteiger partial charge in [-0.25, -0.2) is 4.79 Å². The van der Waals surface area contributed by atoms with Crippen molar-refractivity contribution in [3.05, 3.63) is 11.5 Å². The lowest BCUT2D eigenvalue weighted by Crippen LogP contribution is -2.45. The molecule has 1 amide bonds. The normalized spacial score (nSPS) is 27.0. The van der Waals surface area contributed by atoms with Gasteiger partial charge in [-0.1, -0.05) is 6.08 Å². The van der Waals surface area contributed by atoms with Crippen LogP contribution < -0.4 is 0 Å². The summed E-state index contributed by atoms with van der Waals surface area (Å²) in [6.07, 6.45) is 2.53. The molecule has 0 aromatic carbocycles. The number of carbonyl (C=O) groups excluding carboxylic acids is 1. The lowest BCUT2D eigenvalue weighted by molar-refractivity contribution is 0.00578. The first-order valence-corrected chi connectivity index (χ1v) is 8.38. The van der Waals surface area contributed by atoms with Crippen LogP contribution >= 0.6 is 0 Å². The number of hydrogen-bond donors (Lipinski definition) is 0. The molecule has 0 saturated carbocycles. The summed E-state index contributed by atoms with van der Waals surface area (Å²) >= 11 is 0. The molecule has 2 rings (SSSR count). The number of carbonyl (C=O) groups is 1. The minimum atomic E-state index is -0.480. The zero-order valence-corrected chi connectivity index (χ0v) is 15.7. The number of amides is 1. The molecule has 0 bridgehead atoms. The fourth-order valence-corrected chi connectivity index (χ4v) is 2.71. The van der Waals surface area contributed by atoms with E-state index in [1.165, 1.54) is 0 Å². The minimum Gasteiger partial charge on any atom is -0.444 e. The van der Waals surface area contributed by atoms with Gasteiger partial charge in [0.15, 0.2) is 0 Å². The van der Waals surface area contributed by atoms with E-state index in [-0.39, 0.29) is 30.5 Å². The van der Waals surface area contributed by atoms with Crippen LogP contribution in [0.4, 0.5) is 4.79 Å². The van der Waals surface area contributed by atoms with Gasteiger partial charge in [-0.15, -0.1) is 0 Å². The topological polar surface area (TPSA) is 48.0 Å². The third-order valence-electron chi connectivity index (χ3n) is 4.77. The van der Waals surface area contributed by atoms with Gasteiger partial charge in [-0.2, -0.15) is 0 Å². The maximum atomic E-state index is 12.3. The van der Waals surface area contributed by atoms with Crippen molar-refractivity contribution in [2.75, 3.05) is 6.54 Å². The molecule has 2 aliphatic heterocycles. The molecule has 0 spiro atoms. The van der Waals surface area contributed by atoms with E-state index in [2.05, 4.69) is 6.08 Å². The first-order chi connectivity index (χ1) is 10.3. The van der Waals surface area contributed by atoms with Crippen molar-refractivity contribution in [2.45, 2.75) is 84.7 Å². The SMILES string of the molecule is C[C@H]1C=C(B2OC(C)(C)C(C)(C)O2)CCN1C(=O)OC(C)(C)C. The Morgan fingerprint density at radius 2 is 1.78 bits per heavy atom. The van der Waals surface area contributed by atoms with Gasteiger partial charge >= 0.3 is 13.2 Å². The molecule has 0 aromatic heterocycles. The Kier molecular flexibility index (Phi) is 4.64. The Hall–Kier alpha value is -1.01. The summed E-state index contributed by atoms with van der Waals surface area (Å²) in [5.74, 6) is 0. The largest absolute Gasteiger partial charge is 0.490 e. The molecule has 0 aliphatic carbocycles. The lowest BCUT2D eigenvalue weighted by Gasteiger charge is -2.34. The summed E-state index contributed by atoms with van der Waals surface area (Å²) in [7, 11) is -0.330. The van der Waals surface area contributed by atoms with Crippen LogP contribution in [0.1, 0.15) is 61.8 Å². The number of nitrogens with zero attached hydrogens (tertiary/aromatic N) is 1. The lowest BCUT2D eigenvalue weighted by atomic mass is 9.74. The number of hydrogen-bond acceptors (Lipinski definition) is 4. The molecule has 1 fully saturated rings. The predicted octanol–water partition coefficient (Wildman–Crippen LogP) is 3.57. The average Bonchev–Trinajstić information content (AvgIpc) is 2.56. The highest BCUT2D eigenvalue weighted by Gasteiger charge is 2.52. The molecule has 0 radical (unpaired) electrons. The van der Waals surface area contributed by atoms with Gasteiger partial charge in [0.2, 0.25) is 0 Å². The van der Waals surface area contributed by atoms with E-state index in [9.17, 15) is 4.79 Å². The second kappa shape index (κ2) is 5.81. The second-order valence-corrected chi connectivity index (χ2v) is 8.49. The fourth-order valence-electron chi connectivity index (χ4n) is 2.71. The van der Waals surface area contributed by atoms with E-state index in [0.717, 1.165) is 11.9 Å². The van der Waals surface area contributed by atoms with Crippen LogP contribution in [0.15, 0.2) is 11.5 Å². The van der Waals surface area contributed by atoms with E-state index in [1.54, 1.807) is 4.90 Å². The van der Waals surface area contributed by atoms with Crippen molar-refractivity contribution in [2.24, 2.45) is 0 Å². The Morgan fingerprint density at radius 3 is 2.22 bits per heavy atom. The van der Waals surface area contributed by atoms with Crippen molar-refractivity contribution < 1.29 is 18.8 Å². The molecule has 0 unspecified atom stereocenters. The number of ether oxygens (including phenoxy) is 1. The molecule has 23 heavy (non-hydrogen) atoms. The summed E-state index contributed by atoms with van der Waals surface area (Å²) in [6, 6.07) is -0.0346. The Bertz CT molecular complexity index is 491. The van der Waals surface area contributed by atoms with Gasteiger partial charge in [0.1, 0.15) is 5.60 Å². The molecular weight excluding hydrogens is 293 g/mol. The van der Waals surface area contributed by atoms with Gasteiger partial charge in [0, 0.05) is 6.54 Å². The maximum absolute atomic E-state index is 12.3. The van der Waals surface area contributed by atoms with Crippen molar-refractivity contribution in [3.63, 3.8) is 0 Å². The van der Waals surface area contributed by atoms with Gasteiger partial charge in [0.05, 0.1) is 17.2 Å². The first kappa shape index (κ1) is 18.3. The summed E-state index contributed by atoms with van der Waals surface area (Å²) in [4.78, 5) is 14.0. The zero-order chi connectivity index (χ0) is 17.6. The maximum Gasteiger partial charge on any atom is 0.490 e. The van der Waals surface area contributed by atoms with Crippen LogP contribution in [0.2, 0.25) is 0 Å². The van der Waals surface area contributed by atoms with Crippen molar-refractivity contribution in [3.8, 4) is 0 Å². The molecule has 130 valence electrons. The highest BCUT2D eigenvalue weighted by molar-refractivity contribution is 6.54. The van der Waals surface area contributed by atoms with Crippen LogP contribution in [0, 0.1) is 0 Å². The molecular formula is C17H30BNO4. The summed E-state index contributed by atoms with van der Waals surface area (Å²) in [6.45, 7) is 16.4. The average molecular weight is 323 g/mol. The summed E-state index contributed by atoms with van der Waals surface area (Å²) < 4.78 is 17.7. The van der Waals surface area contributed by atoms with Crippen molar-refractivity contribution in [1.29, 1.82) is 0 Å². The minimum absolute atomic E-state index is 0.0346. The highest BCUT2D eigenvalue weighted by Crippen LogP contribution is 2.39. The third kappa shape index (κ3) is 3.91. The summed E-state index contributed by atoms with van der Waals surface area (Å²) in [5, 5.41) is 0. The van der Waals surface area contributed by atoms with E-state index in [4.69, 9.17) is 14.0 Å². The molecule has 1 atom stereocenters. The molecule has 2 aliphatic rings. The first-order valence-electron chi connectivity index (χ1n) is 8.38. The Labute approximate surface area is 140 Å². The van der Waals surface area contributed by atoms with Crippen LogP contribution in [0.3, 0.4) is 0 Å². The van der Waals surface area contributed by atoms with Gasteiger partial charge in [-0.3, -0.25) is 0 Å². The smallest absolute Gasteiger partial charge is 0.444 e. The molecule has 0 aromatic rings. The van der Waals surface area contributed by atoms with Crippen LogP contribution in [0.25, 0.3) is 0 Å². The molecule has 0 N–H and O–H groups in total. The quantitative estimate of drug-likeness (QED) is 0.692. The van der Waals surface area contributed by atoms with Crippen molar-refractivity contribution >= 4 is 13.2 Å². The third-order valence-corrected chi connectivity index (χ3v) is 4.77. The number of rotatable bonds is 1. The van der Waals surface area contributed by atoms with Gasteiger partial charge in [0.25, 0.3) is 0 Å². The summed E-state index contributed by atoms with van der Waals surface area (Å²) in [5.41, 5.74) is -0.0587. The van der Waals surface area contributed by atoms with E-state index in [0.29, 0.717) is 6.54 Å². The van der Waals surface area contributed by atoms with E-state index >= 15 is 0 Å². The van der Waals surface area contributed by atoms with E-state index < -0.39 is 5.60 Å². The fraction of sp³-hybridized carbons (Fsp3) is 0.824. The van der Waals surface area contributed by atoms with E-state index in [1.807, 2.05) is 55.4 Å². The Balaban J connectivity index is 2.07. The Morgan fingerprint density at radius 1 is 1.26 bits per heavy atom. The monoisotopic (exact) mass is 323 g/mol. The molecule has 2 heterocycles. The van der Waals surface area contributed by atoms with Gasteiger partial charge < -0.3 is 18.9 Å². The standard InChI is InChI=1S/C17H30BNO4/c1-12-11-13(18-22-16(5,6)17(7,8)23-18)9-10-19(12)14(20)21-15(2,3)4/h11-12H,9-10H2,1-8H3/t12-/m0/s1. The molecule has 1 saturated heterocycles. The predicted molar refractivity (Wildman–Crippen MR) is 91.2 cm³/mol. The second-order valence-electron chi connectivity index (χ2n) is 8.49. The van der Waals surface area contributed by atoms with Crippen molar-refractivity contribution in [1.82, 2.24) is 4.90 Å². The highest BCUT2D eigenvalue weighted by atomic mass is 16.7. The molecule has 6 heteroatoms. The zero-order valence-electron chi connectivity index (χ0n) is 15.7. The van der Waals surface area contributed by atoms with Crippen LogP contribution in [-0.4, -0.2) is 47.5 Å².